The van der Waals surface area contributed by atoms with Crippen LogP contribution in [0.3, 0.4) is 0 Å². The minimum absolute atomic E-state index is 0.0255. The van der Waals surface area contributed by atoms with Crippen molar-refractivity contribution in [2.45, 2.75) is 19.3 Å². The van der Waals surface area contributed by atoms with E-state index < -0.39 is 12.2 Å². The number of para-hydroxylation sites is 1. The molecule has 0 aliphatic carbocycles. The van der Waals surface area contributed by atoms with Gasteiger partial charge in [-0.1, -0.05) is 12.1 Å². The van der Waals surface area contributed by atoms with Gasteiger partial charge in [-0.05, 0) is 44.0 Å². The molecule has 0 unspecified atom stereocenters. The predicted octanol–water partition coefficient (Wildman–Crippen LogP) is 2.46. The van der Waals surface area contributed by atoms with Gasteiger partial charge in [-0.15, -0.1) is 0 Å². The molecule has 1 aliphatic heterocycles. The highest BCUT2D eigenvalue weighted by molar-refractivity contribution is 5.89. The second-order valence-electron chi connectivity index (χ2n) is 7.00. The minimum atomic E-state index is -2.70. The van der Waals surface area contributed by atoms with Crippen molar-refractivity contribution in [1.82, 2.24) is 20.2 Å². The molecule has 1 fully saturated rings. The van der Waals surface area contributed by atoms with Gasteiger partial charge < -0.3 is 10.2 Å². The summed E-state index contributed by atoms with van der Waals surface area (Å²) >= 11 is 0. The number of amides is 1. The number of hydrogen-bond acceptors (Lipinski definition) is 5. The van der Waals surface area contributed by atoms with E-state index in [2.05, 4.69) is 20.2 Å². The maximum absolute atomic E-state index is 13.2. The Morgan fingerprint density at radius 1 is 1.30 bits per heavy atom. The molecule has 1 saturated heterocycles. The maximum Gasteiger partial charge on any atom is 0.297 e. The number of fused-ring (bicyclic) bond motifs is 1. The van der Waals surface area contributed by atoms with Gasteiger partial charge >= 0.3 is 0 Å². The van der Waals surface area contributed by atoms with Crippen molar-refractivity contribution in [2.24, 2.45) is 5.92 Å². The quantitative estimate of drug-likeness (QED) is 0.838. The van der Waals surface area contributed by atoms with E-state index in [1.54, 1.807) is 19.2 Å². The van der Waals surface area contributed by atoms with E-state index in [-0.39, 0.29) is 5.91 Å². The number of carbonyl (C=O) groups excluding carboxylic acids is 1. The van der Waals surface area contributed by atoms with Crippen molar-refractivity contribution in [1.29, 1.82) is 0 Å². The smallest absolute Gasteiger partial charge is 0.297 e. The Morgan fingerprint density at radius 2 is 2.00 bits per heavy atom. The summed E-state index contributed by atoms with van der Waals surface area (Å²) in [5.74, 6) is 0.567. The summed E-state index contributed by atoms with van der Waals surface area (Å²) in [6, 6.07) is 7.25. The van der Waals surface area contributed by atoms with Crippen LogP contribution in [0.15, 0.2) is 24.3 Å². The van der Waals surface area contributed by atoms with Crippen LogP contribution in [0, 0.1) is 5.92 Å². The fraction of sp³-hybridized carbons (Fsp3) is 0.526. The van der Waals surface area contributed by atoms with Crippen LogP contribution >= 0.6 is 0 Å². The van der Waals surface area contributed by atoms with Gasteiger partial charge in [0.25, 0.3) is 6.43 Å². The summed E-state index contributed by atoms with van der Waals surface area (Å²) < 4.78 is 26.4. The number of nitrogens with zero attached hydrogens (tertiary/aromatic N) is 4. The summed E-state index contributed by atoms with van der Waals surface area (Å²) in [5, 5.41) is 3.42. The number of anilines is 1. The summed E-state index contributed by atoms with van der Waals surface area (Å²) in [5.41, 5.74) is 0.532. The van der Waals surface area contributed by atoms with E-state index in [0.717, 1.165) is 37.9 Å². The number of likely N-dealkylation sites (N-methyl/N-ethyl adjacent to an activating group) is 1. The van der Waals surface area contributed by atoms with Crippen molar-refractivity contribution in [3.05, 3.63) is 30.1 Å². The highest BCUT2D eigenvalue weighted by atomic mass is 19.3. The number of carbonyl (C=O) groups is 1. The summed E-state index contributed by atoms with van der Waals surface area (Å²) in [6.07, 6.45) is -0.771. The van der Waals surface area contributed by atoms with Crippen LogP contribution < -0.4 is 10.2 Å². The Bertz CT molecular complexity index is 793. The Morgan fingerprint density at radius 3 is 2.67 bits per heavy atom. The number of aromatic nitrogens is 2. The number of alkyl halides is 2. The molecule has 0 radical (unpaired) electrons. The third kappa shape index (κ3) is 4.68. The molecule has 1 amide bonds. The van der Waals surface area contributed by atoms with Crippen molar-refractivity contribution in [3.8, 4) is 0 Å². The number of hydrogen-bond donors (Lipinski definition) is 1. The number of benzene rings is 1. The lowest BCUT2D eigenvalue weighted by atomic mass is 9.96. The molecular weight excluding hydrogens is 352 g/mol. The molecule has 146 valence electrons. The normalized spacial score (nSPS) is 16.0. The molecule has 1 N–H and O–H groups in total. The van der Waals surface area contributed by atoms with Crippen molar-refractivity contribution in [3.63, 3.8) is 0 Å². The molecule has 0 bridgehead atoms. The molecule has 0 spiro atoms. The first-order chi connectivity index (χ1) is 13.0. The van der Waals surface area contributed by atoms with Crippen LogP contribution in [-0.2, 0) is 4.79 Å². The standard InChI is InChI=1S/C19H25F2N5O/c1-22-16(27)12-26-9-7-13(8-10-26)11-25(2)19-14-5-3-4-6-15(14)23-18(24-19)17(20)21/h3-6,13,17H,7-12H2,1-2H3,(H,22,27). The molecular formula is C19H25F2N5O. The largest absolute Gasteiger partial charge is 0.359 e. The maximum atomic E-state index is 13.2. The lowest BCUT2D eigenvalue weighted by Crippen LogP contribution is -2.42. The van der Waals surface area contributed by atoms with Gasteiger partial charge in [-0.25, -0.2) is 18.7 Å². The number of piperidine rings is 1. The molecule has 2 aromatic rings. The highest BCUT2D eigenvalue weighted by Crippen LogP contribution is 2.28. The molecule has 27 heavy (non-hydrogen) atoms. The van der Waals surface area contributed by atoms with E-state index in [4.69, 9.17) is 0 Å². The summed E-state index contributed by atoms with van der Waals surface area (Å²) in [6.45, 7) is 2.88. The Hall–Kier alpha value is -2.35. The Balaban J connectivity index is 1.70. The van der Waals surface area contributed by atoms with Gasteiger partial charge in [0, 0.05) is 26.0 Å². The van der Waals surface area contributed by atoms with E-state index >= 15 is 0 Å². The van der Waals surface area contributed by atoms with Gasteiger partial charge in [0.05, 0.1) is 12.1 Å². The molecule has 3 rings (SSSR count). The van der Waals surface area contributed by atoms with Crippen LogP contribution in [-0.4, -0.2) is 61.0 Å². The third-order valence-corrected chi connectivity index (χ3v) is 5.04. The lowest BCUT2D eigenvalue weighted by molar-refractivity contribution is -0.122. The topological polar surface area (TPSA) is 61.4 Å². The number of likely N-dealkylation sites (tertiary alicyclic amines) is 1. The van der Waals surface area contributed by atoms with Crippen LogP contribution in [0.2, 0.25) is 0 Å². The van der Waals surface area contributed by atoms with Crippen molar-refractivity contribution >= 4 is 22.6 Å². The van der Waals surface area contributed by atoms with Gasteiger partial charge in [0.15, 0.2) is 5.82 Å². The Labute approximate surface area is 157 Å². The third-order valence-electron chi connectivity index (χ3n) is 5.04. The summed E-state index contributed by atoms with van der Waals surface area (Å²) in [7, 11) is 3.53. The fourth-order valence-corrected chi connectivity index (χ4v) is 3.55. The number of rotatable bonds is 6. The molecule has 2 heterocycles. The number of halogens is 2. The zero-order valence-corrected chi connectivity index (χ0v) is 15.7. The number of nitrogens with one attached hydrogen (secondary N) is 1. The van der Waals surface area contributed by atoms with Crippen molar-refractivity contribution < 1.29 is 13.6 Å². The first-order valence-corrected chi connectivity index (χ1v) is 9.17. The van der Waals surface area contributed by atoms with Gasteiger partial charge in [-0.2, -0.15) is 0 Å². The van der Waals surface area contributed by atoms with Gasteiger partial charge in [-0.3, -0.25) is 9.69 Å². The van der Waals surface area contributed by atoms with E-state index in [0.29, 0.717) is 23.8 Å². The zero-order chi connectivity index (χ0) is 19.4. The Kier molecular flexibility index (Phi) is 6.15. The SMILES string of the molecule is CNC(=O)CN1CCC(CN(C)c2nc(C(F)F)nc3ccccc23)CC1. The van der Waals surface area contributed by atoms with Gasteiger partial charge in [0.1, 0.15) is 5.82 Å². The van der Waals surface area contributed by atoms with Crippen LogP contribution in [0.5, 0.6) is 0 Å². The fourth-order valence-electron chi connectivity index (χ4n) is 3.55. The van der Waals surface area contributed by atoms with E-state index in [1.807, 2.05) is 24.1 Å². The van der Waals surface area contributed by atoms with Crippen LogP contribution in [0.25, 0.3) is 10.9 Å². The monoisotopic (exact) mass is 377 g/mol. The molecule has 6 nitrogen and oxygen atoms in total. The summed E-state index contributed by atoms with van der Waals surface area (Å²) in [4.78, 5) is 23.7. The molecule has 0 atom stereocenters. The van der Waals surface area contributed by atoms with Crippen molar-refractivity contribution in [2.75, 3.05) is 45.2 Å². The molecule has 1 aliphatic rings. The lowest BCUT2D eigenvalue weighted by Gasteiger charge is -2.34. The molecule has 0 saturated carbocycles. The van der Waals surface area contributed by atoms with Crippen LogP contribution in [0.4, 0.5) is 14.6 Å². The van der Waals surface area contributed by atoms with Gasteiger partial charge in [0.2, 0.25) is 5.91 Å². The molecule has 8 heteroatoms. The molecule has 1 aromatic carbocycles. The second kappa shape index (κ2) is 8.56. The average molecular weight is 377 g/mol. The second-order valence-corrected chi connectivity index (χ2v) is 7.00. The highest BCUT2D eigenvalue weighted by Gasteiger charge is 2.23. The first kappa shape index (κ1) is 19.4. The van der Waals surface area contributed by atoms with E-state index in [1.165, 1.54) is 0 Å². The first-order valence-electron chi connectivity index (χ1n) is 9.17. The minimum Gasteiger partial charge on any atom is -0.359 e. The predicted molar refractivity (Wildman–Crippen MR) is 101 cm³/mol. The van der Waals surface area contributed by atoms with E-state index in [9.17, 15) is 13.6 Å². The molecule has 1 aromatic heterocycles. The zero-order valence-electron chi connectivity index (χ0n) is 15.7. The van der Waals surface area contributed by atoms with Crippen LogP contribution in [0.1, 0.15) is 25.1 Å². The average Bonchev–Trinajstić information content (AvgIpc) is 2.68.